The molecule has 1 aromatic heterocycles. The molecule has 0 radical (unpaired) electrons. The largest absolute Gasteiger partial charge is 0.494 e. The number of hydrogen-bond donors (Lipinski definition) is 2. The first-order valence-electron chi connectivity index (χ1n) is 7.48. The molecule has 0 saturated heterocycles. The molecule has 0 aliphatic carbocycles. The van der Waals surface area contributed by atoms with Crippen molar-refractivity contribution in [2.45, 2.75) is 26.2 Å². The maximum absolute atomic E-state index is 5.77. The van der Waals surface area contributed by atoms with Crippen LogP contribution >= 0.6 is 0 Å². The van der Waals surface area contributed by atoms with Crippen molar-refractivity contribution >= 4 is 28.5 Å². The predicted octanol–water partition coefficient (Wildman–Crippen LogP) is 4.46. The van der Waals surface area contributed by atoms with Gasteiger partial charge in [0.15, 0.2) is 5.58 Å². The molecule has 0 bridgehead atoms. The van der Waals surface area contributed by atoms with Crippen molar-refractivity contribution < 1.29 is 9.15 Å². The van der Waals surface area contributed by atoms with Gasteiger partial charge in [-0.1, -0.05) is 26.8 Å². The van der Waals surface area contributed by atoms with E-state index in [9.17, 15) is 0 Å². The lowest BCUT2D eigenvalue weighted by atomic mass is 9.87. The minimum atomic E-state index is 0.0703. The molecule has 120 valence electrons. The third-order valence-corrected chi connectivity index (χ3v) is 3.72. The molecule has 3 aromatic rings. The number of benzene rings is 2. The highest BCUT2D eigenvalue weighted by Crippen LogP contribution is 2.32. The van der Waals surface area contributed by atoms with Gasteiger partial charge in [0.05, 0.1) is 12.8 Å². The first-order valence-corrected chi connectivity index (χ1v) is 7.48. The molecule has 0 aliphatic rings. The van der Waals surface area contributed by atoms with Gasteiger partial charge in [0, 0.05) is 11.8 Å². The first-order chi connectivity index (χ1) is 10.9. The van der Waals surface area contributed by atoms with Crippen LogP contribution in [0.4, 0.5) is 17.4 Å². The SMILES string of the molecule is COc1cc(N)ccc1Nc1nc2cc(C(C)(C)C)ccc2o1. The Bertz CT molecular complexity index is 847. The van der Waals surface area contributed by atoms with Gasteiger partial charge in [-0.05, 0) is 35.2 Å². The van der Waals surface area contributed by atoms with Crippen molar-refractivity contribution in [3.8, 4) is 5.75 Å². The fourth-order valence-electron chi connectivity index (χ4n) is 2.37. The molecule has 0 fully saturated rings. The average Bonchev–Trinajstić information content (AvgIpc) is 2.89. The highest BCUT2D eigenvalue weighted by atomic mass is 16.5. The number of methoxy groups -OCH3 is 1. The second kappa shape index (κ2) is 5.50. The number of oxazole rings is 1. The number of hydrogen-bond acceptors (Lipinski definition) is 5. The molecule has 0 saturated carbocycles. The van der Waals surface area contributed by atoms with Gasteiger partial charge >= 0.3 is 0 Å². The Kier molecular flexibility index (Phi) is 3.64. The second-order valence-corrected chi connectivity index (χ2v) is 6.54. The van der Waals surface area contributed by atoms with Gasteiger partial charge in [-0.3, -0.25) is 0 Å². The Hall–Kier alpha value is -2.69. The molecule has 0 aliphatic heterocycles. The Balaban J connectivity index is 1.95. The van der Waals surface area contributed by atoms with E-state index in [-0.39, 0.29) is 5.41 Å². The summed E-state index contributed by atoms with van der Waals surface area (Å²) in [4.78, 5) is 4.52. The molecular formula is C18H21N3O2. The van der Waals surface area contributed by atoms with Crippen LogP contribution in [-0.2, 0) is 5.41 Å². The zero-order valence-electron chi connectivity index (χ0n) is 13.8. The lowest BCUT2D eigenvalue weighted by Gasteiger charge is -2.18. The minimum Gasteiger partial charge on any atom is -0.494 e. The fraction of sp³-hybridized carbons (Fsp3) is 0.278. The lowest BCUT2D eigenvalue weighted by Crippen LogP contribution is -2.10. The van der Waals surface area contributed by atoms with E-state index >= 15 is 0 Å². The smallest absolute Gasteiger partial charge is 0.300 e. The van der Waals surface area contributed by atoms with Gasteiger partial charge in [0.2, 0.25) is 0 Å². The molecule has 0 amide bonds. The number of nitrogens with one attached hydrogen (secondary N) is 1. The van der Waals surface area contributed by atoms with E-state index in [0.29, 0.717) is 17.5 Å². The van der Waals surface area contributed by atoms with E-state index in [1.165, 1.54) is 5.56 Å². The van der Waals surface area contributed by atoms with E-state index in [2.05, 4.69) is 43.2 Å². The van der Waals surface area contributed by atoms with Gasteiger partial charge in [-0.25, -0.2) is 0 Å². The molecule has 0 spiro atoms. The van der Waals surface area contributed by atoms with Crippen LogP contribution in [0.5, 0.6) is 5.75 Å². The summed E-state index contributed by atoms with van der Waals surface area (Å²) in [7, 11) is 1.60. The summed E-state index contributed by atoms with van der Waals surface area (Å²) in [6.07, 6.45) is 0. The average molecular weight is 311 g/mol. The Morgan fingerprint density at radius 3 is 2.61 bits per heavy atom. The van der Waals surface area contributed by atoms with Crippen molar-refractivity contribution in [2.75, 3.05) is 18.2 Å². The fourth-order valence-corrected chi connectivity index (χ4v) is 2.37. The number of nitrogens with two attached hydrogens (primary N) is 1. The molecule has 0 unspecified atom stereocenters. The van der Waals surface area contributed by atoms with E-state index in [1.54, 1.807) is 19.2 Å². The Morgan fingerprint density at radius 1 is 1.13 bits per heavy atom. The van der Waals surface area contributed by atoms with Crippen LogP contribution in [-0.4, -0.2) is 12.1 Å². The van der Waals surface area contributed by atoms with E-state index in [4.69, 9.17) is 14.9 Å². The van der Waals surface area contributed by atoms with Crippen LogP contribution in [0.1, 0.15) is 26.3 Å². The monoisotopic (exact) mass is 311 g/mol. The number of fused-ring (bicyclic) bond motifs is 1. The van der Waals surface area contributed by atoms with Crippen molar-refractivity contribution in [3.05, 3.63) is 42.0 Å². The third kappa shape index (κ3) is 3.08. The molecule has 23 heavy (non-hydrogen) atoms. The van der Waals surface area contributed by atoms with Crippen molar-refractivity contribution in [1.29, 1.82) is 0 Å². The van der Waals surface area contributed by atoms with Crippen molar-refractivity contribution in [1.82, 2.24) is 4.98 Å². The lowest BCUT2D eigenvalue weighted by molar-refractivity contribution is 0.417. The summed E-state index contributed by atoms with van der Waals surface area (Å²) < 4.78 is 11.1. The quantitative estimate of drug-likeness (QED) is 0.699. The molecule has 3 N–H and O–H groups in total. The molecular weight excluding hydrogens is 290 g/mol. The van der Waals surface area contributed by atoms with Crippen LogP contribution in [0.25, 0.3) is 11.1 Å². The topological polar surface area (TPSA) is 73.3 Å². The molecule has 2 aromatic carbocycles. The summed E-state index contributed by atoms with van der Waals surface area (Å²) in [5, 5.41) is 3.14. The van der Waals surface area contributed by atoms with Gasteiger partial charge in [0.25, 0.3) is 6.01 Å². The molecule has 3 rings (SSSR count). The molecule has 1 heterocycles. The summed E-state index contributed by atoms with van der Waals surface area (Å²) >= 11 is 0. The number of aromatic nitrogens is 1. The van der Waals surface area contributed by atoms with E-state index < -0.39 is 0 Å². The zero-order valence-corrected chi connectivity index (χ0v) is 13.8. The van der Waals surface area contributed by atoms with Crippen molar-refractivity contribution in [2.24, 2.45) is 0 Å². The summed E-state index contributed by atoms with van der Waals surface area (Å²) in [6.45, 7) is 6.52. The van der Waals surface area contributed by atoms with E-state index in [0.717, 1.165) is 16.8 Å². The van der Waals surface area contributed by atoms with Gasteiger partial charge in [-0.2, -0.15) is 4.98 Å². The maximum atomic E-state index is 5.77. The second-order valence-electron chi connectivity index (χ2n) is 6.54. The van der Waals surface area contributed by atoms with Crippen LogP contribution in [0, 0.1) is 0 Å². The highest BCUT2D eigenvalue weighted by molar-refractivity contribution is 5.77. The summed E-state index contributed by atoms with van der Waals surface area (Å²) in [5.74, 6) is 0.641. The normalized spacial score (nSPS) is 11.7. The van der Waals surface area contributed by atoms with Crippen LogP contribution in [0.2, 0.25) is 0 Å². The van der Waals surface area contributed by atoms with Crippen LogP contribution < -0.4 is 15.8 Å². The molecule has 5 nitrogen and oxygen atoms in total. The third-order valence-electron chi connectivity index (χ3n) is 3.72. The summed E-state index contributed by atoms with van der Waals surface area (Å²) in [6, 6.07) is 11.9. The van der Waals surface area contributed by atoms with Gasteiger partial charge in [-0.15, -0.1) is 0 Å². The Morgan fingerprint density at radius 2 is 1.91 bits per heavy atom. The number of nitrogen functional groups attached to an aromatic ring is 1. The Labute approximate surface area is 135 Å². The van der Waals surface area contributed by atoms with Crippen LogP contribution in [0.15, 0.2) is 40.8 Å². The van der Waals surface area contributed by atoms with E-state index in [1.807, 2.05) is 12.1 Å². The highest BCUT2D eigenvalue weighted by Gasteiger charge is 2.16. The molecule has 5 heteroatoms. The maximum Gasteiger partial charge on any atom is 0.300 e. The number of nitrogens with zero attached hydrogens (tertiary/aromatic N) is 1. The number of ether oxygens (including phenoxy) is 1. The first kappa shape index (κ1) is 15.2. The number of rotatable bonds is 3. The van der Waals surface area contributed by atoms with Gasteiger partial charge in [0.1, 0.15) is 11.3 Å². The summed E-state index contributed by atoms with van der Waals surface area (Å²) in [5.41, 5.74) is 10.0. The number of anilines is 3. The van der Waals surface area contributed by atoms with Crippen LogP contribution in [0.3, 0.4) is 0 Å². The van der Waals surface area contributed by atoms with Gasteiger partial charge < -0.3 is 20.2 Å². The minimum absolute atomic E-state index is 0.0703. The zero-order chi connectivity index (χ0) is 16.6. The molecule has 0 atom stereocenters. The standard InChI is InChI=1S/C18H21N3O2/c1-18(2,3)11-5-8-15-14(9-11)21-17(23-15)20-13-7-6-12(19)10-16(13)22-4/h5-10H,19H2,1-4H3,(H,20,21). The van der Waals surface area contributed by atoms with Crippen molar-refractivity contribution in [3.63, 3.8) is 0 Å². The predicted molar refractivity (Wildman–Crippen MR) is 93.4 cm³/mol.